The fourth-order valence-electron chi connectivity index (χ4n) is 1.23. The fourth-order valence-corrected chi connectivity index (χ4v) is 1.23. The van der Waals surface area contributed by atoms with Gasteiger partial charge in [-0.25, -0.2) is 0 Å². The summed E-state index contributed by atoms with van der Waals surface area (Å²) in [6.07, 6.45) is 0. The number of quaternary nitrogens is 1. The number of rotatable bonds is 6. The highest BCUT2D eigenvalue weighted by Gasteiger charge is 2.15. The number of nitrogens with one attached hydrogen (secondary N) is 1. The second kappa shape index (κ2) is 5.25. The molecule has 3 nitrogen and oxygen atoms in total. The Morgan fingerprint density at radius 3 is 2.38 bits per heavy atom. The Labute approximate surface area is 81.6 Å². The van der Waals surface area contributed by atoms with E-state index in [1.165, 1.54) is 0 Å². The van der Waals surface area contributed by atoms with Crippen LogP contribution in [-0.2, 0) is 0 Å². The topological polar surface area (TPSA) is 32.3 Å². The molecule has 2 N–H and O–H groups in total. The molecule has 3 heteroatoms. The SMILES string of the molecule is C=C(O)C[N+](C)(C)CCNC(C)C. The fraction of sp³-hybridized carbons (Fsp3) is 0.800. The Bertz CT molecular complexity index is 164. The van der Waals surface area contributed by atoms with Gasteiger partial charge in [0.15, 0.2) is 0 Å². The van der Waals surface area contributed by atoms with E-state index < -0.39 is 0 Å². The zero-order valence-corrected chi connectivity index (χ0v) is 9.30. The molecule has 0 aromatic carbocycles. The van der Waals surface area contributed by atoms with Crippen molar-refractivity contribution >= 4 is 0 Å². The molecule has 0 aromatic heterocycles. The zero-order valence-electron chi connectivity index (χ0n) is 9.30. The lowest BCUT2D eigenvalue weighted by molar-refractivity contribution is -0.885. The van der Waals surface area contributed by atoms with Gasteiger partial charge < -0.3 is 14.9 Å². The highest BCUT2D eigenvalue weighted by atomic mass is 16.3. The van der Waals surface area contributed by atoms with Crippen molar-refractivity contribution in [2.45, 2.75) is 19.9 Å². The van der Waals surface area contributed by atoms with Gasteiger partial charge in [0.2, 0.25) is 0 Å². The largest absolute Gasteiger partial charge is 0.507 e. The molecule has 0 aromatic rings. The van der Waals surface area contributed by atoms with Crippen molar-refractivity contribution < 1.29 is 9.59 Å². The number of aliphatic hydroxyl groups is 1. The Kier molecular flexibility index (Phi) is 5.03. The van der Waals surface area contributed by atoms with Gasteiger partial charge >= 0.3 is 0 Å². The van der Waals surface area contributed by atoms with Gasteiger partial charge in [0.25, 0.3) is 0 Å². The second-order valence-corrected chi connectivity index (χ2v) is 4.49. The molecule has 0 amide bonds. The van der Waals surface area contributed by atoms with Crippen molar-refractivity contribution in [3.63, 3.8) is 0 Å². The van der Waals surface area contributed by atoms with E-state index in [1.807, 2.05) is 0 Å². The van der Waals surface area contributed by atoms with Crippen molar-refractivity contribution in [2.75, 3.05) is 33.7 Å². The zero-order chi connectivity index (χ0) is 10.5. The third kappa shape index (κ3) is 7.81. The summed E-state index contributed by atoms with van der Waals surface area (Å²) in [5.74, 6) is 0.259. The van der Waals surface area contributed by atoms with Gasteiger partial charge in [-0.3, -0.25) is 0 Å². The van der Waals surface area contributed by atoms with Gasteiger partial charge in [0.05, 0.1) is 20.6 Å². The Morgan fingerprint density at radius 2 is 2.00 bits per heavy atom. The predicted octanol–water partition coefficient (Wildman–Crippen LogP) is 1.13. The van der Waals surface area contributed by atoms with Gasteiger partial charge in [0, 0.05) is 12.6 Å². The summed E-state index contributed by atoms with van der Waals surface area (Å²) in [6, 6.07) is 0.525. The van der Waals surface area contributed by atoms with E-state index in [-0.39, 0.29) is 5.76 Å². The van der Waals surface area contributed by atoms with E-state index in [2.05, 4.69) is 39.8 Å². The average molecular weight is 187 g/mol. The Balaban J connectivity index is 3.69. The highest BCUT2D eigenvalue weighted by Crippen LogP contribution is 1.99. The maximum Gasteiger partial charge on any atom is 0.139 e. The van der Waals surface area contributed by atoms with E-state index in [9.17, 15) is 0 Å². The molecule has 0 bridgehead atoms. The number of likely N-dealkylation sites (N-methyl/N-ethyl adjacent to an activating group) is 1. The number of nitrogens with zero attached hydrogens (tertiary/aromatic N) is 1. The minimum Gasteiger partial charge on any atom is -0.507 e. The third-order valence-corrected chi connectivity index (χ3v) is 1.88. The smallest absolute Gasteiger partial charge is 0.139 e. The molecule has 0 saturated heterocycles. The van der Waals surface area contributed by atoms with Gasteiger partial charge in [-0.15, -0.1) is 0 Å². The highest BCUT2D eigenvalue weighted by molar-refractivity contribution is 4.77. The summed E-state index contributed by atoms with van der Waals surface area (Å²) in [7, 11) is 4.17. The minimum absolute atomic E-state index is 0.259. The molecule has 0 saturated carbocycles. The van der Waals surface area contributed by atoms with Crippen LogP contribution in [0, 0.1) is 0 Å². The first-order valence-corrected chi connectivity index (χ1v) is 4.75. The summed E-state index contributed by atoms with van der Waals surface area (Å²) in [5.41, 5.74) is 0. The van der Waals surface area contributed by atoms with Crippen LogP contribution in [0.2, 0.25) is 0 Å². The summed E-state index contributed by atoms with van der Waals surface area (Å²) in [6.45, 7) is 10.4. The van der Waals surface area contributed by atoms with Crippen LogP contribution >= 0.6 is 0 Å². The molecule has 0 aliphatic heterocycles. The monoisotopic (exact) mass is 187 g/mol. The van der Waals surface area contributed by atoms with Crippen molar-refractivity contribution in [1.82, 2.24) is 5.32 Å². The third-order valence-electron chi connectivity index (χ3n) is 1.88. The van der Waals surface area contributed by atoms with Crippen molar-refractivity contribution in [3.05, 3.63) is 12.3 Å². The molecule has 0 aliphatic carbocycles. The van der Waals surface area contributed by atoms with Crippen LogP contribution in [-0.4, -0.2) is 49.4 Å². The maximum atomic E-state index is 9.07. The van der Waals surface area contributed by atoms with E-state index in [0.29, 0.717) is 12.6 Å². The molecule has 0 spiro atoms. The maximum absolute atomic E-state index is 9.07. The minimum atomic E-state index is 0.259. The van der Waals surface area contributed by atoms with Crippen molar-refractivity contribution in [2.24, 2.45) is 0 Å². The van der Waals surface area contributed by atoms with Crippen LogP contribution in [0.5, 0.6) is 0 Å². The standard InChI is InChI=1S/C10H22N2O/c1-9(2)11-6-7-12(4,5)8-10(3)13/h9,11H,3,6-8H2,1-2,4-5H3/p+1. The van der Waals surface area contributed by atoms with Gasteiger partial charge in [-0.1, -0.05) is 20.4 Å². The molecule has 0 unspecified atom stereocenters. The van der Waals surface area contributed by atoms with Gasteiger partial charge in [0.1, 0.15) is 12.3 Å². The Morgan fingerprint density at radius 1 is 1.46 bits per heavy atom. The van der Waals surface area contributed by atoms with Crippen LogP contribution in [0.15, 0.2) is 12.3 Å². The lowest BCUT2D eigenvalue weighted by Crippen LogP contribution is -2.46. The van der Waals surface area contributed by atoms with Gasteiger partial charge in [-0.2, -0.15) is 0 Å². The van der Waals surface area contributed by atoms with E-state index in [0.717, 1.165) is 17.6 Å². The van der Waals surface area contributed by atoms with Crippen LogP contribution in [0.3, 0.4) is 0 Å². The molecule has 0 aliphatic rings. The molecular formula is C10H23N2O+. The molecule has 78 valence electrons. The first-order valence-electron chi connectivity index (χ1n) is 4.75. The first-order chi connectivity index (χ1) is 5.83. The predicted molar refractivity (Wildman–Crippen MR) is 56.7 cm³/mol. The number of aliphatic hydroxyl groups excluding tert-OH is 1. The molecule has 0 rings (SSSR count). The van der Waals surface area contributed by atoms with Crippen molar-refractivity contribution in [3.8, 4) is 0 Å². The van der Waals surface area contributed by atoms with Crippen molar-refractivity contribution in [1.29, 1.82) is 0 Å². The summed E-state index contributed by atoms with van der Waals surface area (Å²) >= 11 is 0. The van der Waals surface area contributed by atoms with Crippen LogP contribution < -0.4 is 5.32 Å². The summed E-state index contributed by atoms with van der Waals surface area (Å²) in [4.78, 5) is 0. The quantitative estimate of drug-likeness (QED) is 0.482. The molecule has 13 heavy (non-hydrogen) atoms. The normalized spacial score (nSPS) is 12.1. The number of hydrogen-bond donors (Lipinski definition) is 2. The molecular weight excluding hydrogens is 164 g/mol. The molecule has 0 radical (unpaired) electrons. The first kappa shape index (κ1) is 12.5. The van der Waals surface area contributed by atoms with Crippen LogP contribution in [0.25, 0.3) is 0 Å². The summed E-state index contributed by atoms with van der Waals surface area (Å²) in [5, 5.41) is 12.4. The lowest BCUT2D eigenvalue weighted by Gasteiger charge is -2.29. The lowest BCUT2D eigenvalue weighted by atomic mass is 10.3. The summed E-state index contributed by atoms with van der Waals surface area (Å²) < 4.78 is 0.773. The number of hydrogen-bond acceptors (Lipinski definition) is 2. The molecule has 0 fully saturated rings. The van der Waals surface area contributed by atoms with Crippen LogP contribution in [0.4, 0.5) is 0 Å². The Hall–Kier alpha value is -0.540. The molecule has 0 heterocycles. The molecule has 0 atom stereocenters. The van der Waals surface area contributed by atoms with Gasteiger partial charge in [-0.05, 0) is 0 Å². The average Bonchev–Trinajstić information content (AvgIpc) is 1.81. The van der Waals surface area contributed by atoms with E-state index >= 15 is 0 Å². The van der Waals surface area contributed by atoms with E-state index in [4.69, 9.17) is 5.11 Å². The second-order valence-electron chi connectivity index (χ2n) is 4.49. The van der Waals surface area contributed by atoms with Crippen LogP contribution in [0.1, 0.15) is 13.8 Å². The van der Waals surface area contributed by atoms with E-state index in [1.54, 1.807) is 0 Å².